The summed E-state index contributed by atoms with van der Waals surface area (Å²) in [4.78, 5) is 0. The quantitative estimate of drug-likeness (QED) is 0.755. The van der Waals surface area contributed by atoms with Gasteiger partial charge in [0, 0.05) is 25.1 Å². The van der Waals surface area contributed by atoms with E-state index in [-0.39, 0.29) is 5.41 Å². The van der Waals surface area contributed by atoms with Crippen LogP contribution in [0.15, 0.2) is 36.4 Å². The summed E-state index contributed by atoms with van der Waals surface area (Å²) in [5.41, 5.74) is 1.39. The molecule has 2 nitrogen and oxygen atoms in total. The average molecular weight is 245 g/mol. The molecule has 0 aliphatic heterocycles. The zero-order valence-corrected chi connectivity index (χ0v) is 10.9. The molecule has 1 aliphatic carbocycles. The Labute approximate surface area is 110 Å². The molecule has 0 aromatic heterocycles. The van der Waals surface area contributed by atoms with Gasteiger partial charge in [0.15, 0.2) is 0 Å². The smallest absolute Gasteiger partial charge is 0.0499 e. The molecule has 1 aliphatic rings. The minimum Gasteiger partial charge on any atom is -0.396 e. The lowest BCUT2D eigenvalue weighted by Gasteiger charge is -2.26. The zero-order chi connectivity index (χ0) is 12.7. The Balaban J connectivity index is 1.71. The first-order valence-electron chi connectivity index (χ1n) is 6.88. The third-order valence-corrected chi connectivity index (χ3v) is 3.87. The van der Waals surface area contributed by atoms with Crippen LogP contribution in [-0.4, -0.2) is 24.8 Å². The molecule has 2 rings (SSSR count). The topological polar surface area (TPSA) is 32.3 Å². The summed E-state index contributed by atoms with van der Waals surface area (Å²) in [7, 11) is 0. The summed E-state index contributed by atoms with van der Waals surface area (Å²) < 4.78 is 0. The maximum atomic E-state index is 9.49. The van der Waals surface area contributed by atoms with Gasteiger partial charge in [0.25, 0.3) is 0 Å². The highest BCUT2D eigenvalue weighted by molar-refractivity contribution is 5.48. The predicted molar refractivity (Wildman–Crippen MR) is 76.3 cm³/mol. The molecule has 0 saturated heterocycles. The van der Waals surface area contributed by atoms with Crippen LogP contribution in [0.4, 0.5) is 0 Å². The van der Waals surface area contributed by atoms with Gasteiger partial charge in [0.2, 0.25) is 0 Å². The van der Waals surface area contributed by atoms with Crippen molar-refractivity contribution in [2.45, 2.75) is 25.7 Å². The van der Waals surface area contributed by atoms with Crippen LogP contribution in [0.25, 0.3) is 6.08 Å². The molecule has 0 atom stereocenters. The predicted octanol–water partition coefficient (Wildman–Crippen LogP) is 2.84. The molecule has 0 heterocycles. The largest absolute Gasteiger partial charge is 0.396 e. The van der Waals surface area contributed by atoms with Gasteiger partial charge in [0.1, 0.15) is 0 Å². The van der Waals surface area contributed by atoms with Crippen LogP contribution >= 0.6 is 0 Å². The van der Waals surface area contributed by atoms with E-state index in [1.165, 1.54) is 31.2 Å². The molecule has 98 valence electrons. The van der Waals surface area contributed by atoms with Gasteiger partial charge in [-0.05, 0) is 18.4 Å². The Morgan fingerprint density at radius 2 is 1.89 bits per heavy atom. The van der Waals surface area contributed by atoms with E-state index in [1.807, 2.05) is 18.2 Å². The minimum atomic E-state index is 0.153. The first kappa shape index (κ1) is 13.3. The Hall–Kier alpha value is -1.12. The van der Waals surface area contributed by atoms with Crippen molar-refractivity contribution in [2.75, 3.05) is 19.7 Å². The Bertz CT molecular complexity index is 366. The highest BCUT2D eigenvalue weighted by Gasteiger charge is 2.32. The SMILES string of the molecule is OCC1(CNC/C=C/c2ccccc2)CCCC1. The lowest BCUT2D eigenvalue weighted by molar-refractivity contribution is 0.129. The van der Waals surface area contributed by atoms with E-state index in [9.17, 15) is 5.11 Å². The molecule has 0 spiro atoms. The second-order valence-electron chi connectivity index (χ2n) is 5.31. The maximum absolute atomic E-state index is 9.49. The van der Waals surface area contributed by atoms with E-state index < -0.39 is 0 Å². The second kappa shape index (κ2) is 6.72. The highest BCUT2D eigenvalue weighted by atomic mass is 16.3. The standard InChI is InChI=1S/C16H23NO/c18-14-16(10-4-5-11-16)13-17-12-6-9-15-7-2-1-3-8-15/h1-3,6-9,17-18H,4-5,10-14H2/b9-6+. The van der Waals surface area contributed by atoms with Crippen LogP contribution in [-0.2, 0) is 0 Å². The van der Waals surface area contributed by atoms with Crippen LogP contribution in [0.5, 0.6) is 0 Å². The minimum absolute atomic E-state index is 0.153. The summed E-state index contributed by atoms with van der Waals surface area (Å²) in [5.74, 6) is 0. The van der Waals surface area contributed by atoms with Crippen LogP contribution < -0.4 is 5.32 Å². The molecular formula is C16H23NO. The fourth-order valence-corrected chi connectivity index (χ4v) is 2.70. The van der Waals surface area contributed by atoms with E-state index in [0.29, 0.717) is 6.61 Å². The molecule has 0 bridgehead atoms. The Kier molecular flexibility index (Phi) is 4.97. The zero-order valence-electron chi connectivity index (χ0n) is 10.9. The van der Waals surface area contributed by atoms with Crippen molar-refractivity contribution in [3.63, 3.8) is 0 Å². The molecule has 1 fully saturated rings. The van der Waals surface area contributed by atoms with E-state index in [1.54, 1.807) is 0 Å². The number of nitrogens with one attached hydrogen (secondary N) is 1. The summed E-state index contributed by atoms with van der Waals surface area (Å²) in [6, 6.07) is 10.3. The third kappa shape index (κ3) is 3.69. The van der Waals surface area contributed by atoms with Crippen molar-refractivity contribution in [1.29, 1.82) is 0 Å². The van der Waals surface area contributed by atoms with Gasteiger partial charge >= 0.3 is 0 Å². The van der Waals surface area contributed by atoms with Crippen molar-refractivity contribution in [1.82, 2.24) is 5.32 Å². The molecule has 2 heteroatoms. The Morgan fingerprint density at radius 3 is 2.56 bits per heavy atom. The van der Waals surface area contributed by atoms with Gasteiger partial charge in [-0.1, -0.05) is 55.3 Å². The van der Waals surface area contributed by atoms with Crippen molar-refractivity contribution in [3.8, 4) is 0 Å². The van der Waals surface area contributed by atoms with Crippen molar-refractivity contribution >= 4 is 6.08 Å². The van der Waals surface area contributed by atoms with E-state index in [2.05, 4.69) is 29.6 Å². The highest BCUT2D eigenvalue weighted by Crippen LogP contribution is 2.36. The molecule has 2 N–H and O–H groups in total. The van der Waals surface area contributed by atoms with Gasteiger partial charge in [-0.15, -0.1) is 0 Å². The lowest BCUT2D eigenvalue weighted by atomic mass is 9.87. The summed E-state index contributed by atoms with van der Waals surface area (Å²) >= 11 is 0. The summed E-state index contributed by atoms with van der Waals surface area (Å²) in [6.45, 7) is 2.13. The fourth-order valence-electron chi connectivity index (χ4n) is 2.70. The molecule has 1 aromatic rings. The van der Waals surface area contributed by atoms with Crippen LogP contribution in [0.2, 0.25) is 0 Å². The second-order valence-corrected chi connectivity index (χ2v) is 5.31. The molecule has 1 saturated carbocycles. The summed E-state index contributed by atoms with van der Waals surface area (Å²) in [5, 5.41) is 12.9. The van der Waals surface area contributed by atoms with Gasteiger partial charge in [-0.3, -0.25) is 0 Å². The number of rotatable bonds is 6. The monoisotopic (exact) mass is 245 g/mol. The molecular weight excluding hydrogens is 222 g/mol. The van der Waals surface area contributed by atoms with Gasteiger partial charge in [-0.2, -0.15) is 0 Å². The first-order chi connectivity index (χ1) is 8.85. The number of aliphatic hydroxyl groups is 1. The van der Waals surface area contributed by atoms with Gasteiger partial charge in [-0.25, -0.2) is 0 Å². The average Bonchev–Trinajstić information content (AvgIpc) is 2.89. The normalized spacial score (nSPS) is 18.5. The van der Waals surface area contributed by atoms with E-state index >= 15 is 0 Å². The molecule has 18 heavy (non-hydrogen) atoms. The van der Waals surface area contributed by atoms with Crippen molar-refractivity contribution < 1.29 is 5.11 Å². The van der Waals surface area contributed by atoms with E-state index in [0.717, 1.165) is 13.1 Å². The molecule has 0 amide bonds. The fraction of sp³-hybridized carbons (Fsp3) is 0.500. The van der Waals surface area contributed by atoms with Crippen molar-refractivity contribution in [2.24, 2.45) is 5.41 Å². The number of aliphatic hydroxyl groups excluding tert-OH is 1. The maximum Gasteiger partial charge on any atom is 0.0499 e. The molecule has 1 aromatic carbocycles. The summed E-state index contributed by atoms with van der Waals surface area (Å²) in [6.07, 6.45) is 9.14. The van der Waals surface area contributed by atoms with Crippen LogP contribution in [0, 0.1) is 5.41 Å². The van der Waals surface area contributed by atoms with Gasteiger partial charge < -0.3 is 10.4 Å². The van der Waals surface area contributed by atoms with Gasteiger partial charge in [0.05, 0.1) is 0 Å². The van der Waals surface area contributed by atoms with Crippen LogP contribution in [0.1, 0.15) is 31.2 Å². The lowest BCUT2D eigenvalue weighted by Crippen LogP contribution is -2.35. The first-order valence-corrected chi connectivity index (χ1v) is 6.88. The van der Waals surface area contributed by atoms with Crippen molar-refractivity contribution in [3.05, 3.63) is 42.0 Å². The van der Waals surface area contributed by atoms with E-state index in [4.69, 9.17) is 0 Å². The molecule has 0 unspecified atom stereocenters. The number of hydrogen-bond donors (Lipinski definition) is 2. The van der Waals surface area contributed by atoms with Crippen LogP contribution in [0.3, 0.4) is 0 Å². The molecule has 0 radical (unpaired) electrons. The number of benzene rings is 1. The third-order valence-electron chi connectivity index (χ3n) is 3.87. The number of hydrogen-bond acceptors (Lipinski definition) is 2. The Morgan fingerprint density at radius 1 is 1.17 bits per heavy atom.